The molecule has 0 atom stereocenters. The first-order valence-corrected chi connectivity index (χ1v) is 9.72. The second-order valence-electron chi connectivity index (χ2n) is 6.58. The summed E-state index contributed by atoms with van der Waals surface area (Å²) in [7, 11) is 0. The Labute approximate surface area is 159 Å². The van der Waals surface area contributed by atoms with Crippen molar-refractivity contribution in [1.82, 2.24) is 24.3 Å². The number of hydrogen-bond donors (Lipinski definition) is 0. The second kappa shape index (κ2) is 6.31. The molecule has 5 rings (SSSR count). The third-order valence-corrected chi connectivity index (χ3v) is 6.00. The van der Waals surface area contributed by atoms with Crippen LogP contribution in [0.5, 0.6) is 0 Å². The predicted octanol–water partition coefficient (Wildman–Crippen LogP) is 2.61. The molecule has 4 heterocycles. The Balaban J connectivity index is 1.35. The van der Waals surface area contributed by atoms with E-state index in [9.17, 15) is 4.79 Å². The van der Waals surface area contributed by atoms with Crippen LogP contribution in [0.25, 0.3) is 16.0 Å². The number of fused-ring (bicyclic) bond motifs is 2. The summed E-state index contributed by atoms with van der Waals surface area (Å²) in [5.41, 5.74) is 2.35. The van der Waals surface area contributed by atoms with Crippen LogP contribution in [-0.2, 0) is 0 Å². The van der Waals surface area contributed by atoms with Crippen LogP contribution in [-0.4, -0.2) is 56.3 Å². The monoisotopic (exact) mass is 378 g/mol. The number of rotatable bonds is 2. The molecule has 1 amide bonds. The van der Waals surface area contributed by atoms with E-state index in [1.165, 1.54) is 4.70 Å². The maximum Gasteiger partial charge on any atom is 0.272 e. The highest BCUT2D eigenvalue weighted by Crippen LogP contribution is 2.29. The van der Waals surface area contributed by atoms with Crippen molar-refractivity contribution in [3.8, 4) is 0 Å². The number of nitrogens with zero attached hydrogens (tertiary/aromatic N) is 6. The normalized spacial score (nSPS) is 15.0. The van der Waals surface area contributed by atoms with Gasteiger partial charge in [-0.05, 0) is 25.1 Å². The highest BCUT2D eigenvalue weighted by molar-refractivity contribution is 7.22. The van der Waals surface area contributed by atoms with Crippen LogP contribution in [0, 0.1) is 6.92 Å². The molecule has 0 spiro atoms. The fourth-order valence-electron chi connectivity index (χ4n) is 3.50. The molecule has 0 radical (unpaired) electrons. The van der Waals surface area contributed by atoms with E-state index in [-0.39, 0.29) is 5.91 Å². The van der Waals surface area contributed by atoms with Gasteiger partial charge in [0.1, 0.15) is 5.69 Å². The first kappa shape index (κ1) is 16.2. The van der Waals surface area contributed by atoms with Gasteiger partial charge in [-0.2, -0.15) is 0 Å². The number of carbonyl (C=O) groups excluding carboxylic acids is 1. The second-order valence-corrected chi connectivity index (χ2v) is 7.59. The zero-order valence-corrected chi connectivity index (χ0v) is 15.7. The van der Waals surface area contributed by atoms with E-state index in [0.29, 0.717) is 30.3 Å². The van der Waals surface area contributed by atoms with E-state index < -0.39 is 0 Å². The van der Waals surface area contributed by atoms with Crippen LogP contribution in [0.15, 0.2) is 42.7 Å². The molecule has 0 unspecified atom stereocenters. The van der Waals surface area contributed by atoms with Gasteiger partial charge in [-0.3, -0.25) is 9.20 Å². The van der Waals surface area contributed by atoms with Gasteiger partial charge in [0.05, 0.1) is 15.9 Å². The average molecular weight is 378 g/mol. The minimum absolute atomic E-state index is 0.0111. The Morgan fingerprint density at radius 1 is 1.07 bits per heavy atom. The molecule has 1 aliphatic rings. The van der Waals surface area contributed by atoms with E-state index in [4.69, 9.17) is 4.98 Å². The van der Waals surface area contributed by atoms with E-state index >= 15 is 0 Å². The van der Waals surface area contributed by atoms with Crippen molar-refractivity contribution < 1.29 is 4.79 Å². The van der Waals surface area contributed by atoms with Crippen molar-refractivity contribution in [3.05, 3.63) is 54.1 Å². The molecule has 1 aliphatic heterocycles. The Bertz CT molecular complexity index is 1110. The number of benzene rings is 1. The largest absolute Gasteiger partial charge is 0.345 e. The standard InChI is InChI=1S/C19H18N6OS/c1-13-16(25-8-4-7-20-18(25)21-13)17(26)23-9-11-24(12-10-23)19-22-14-5-2-3-6-15(14)27-19/h2-8H,9-12H2,1H3. The fraction of sp³-hybridized carbons (Fsp3) is 0.263. The smallest absolute Gasteiger partial charge is 0.272 e. The van der Waals surface area contributed by atoms with Gasteiger partial charge in [-0.15, -0.1) is 0 Å². The SMILES string of the molecule is Cc1nc2ncccn2c1C(=O)N1CCN(c2nc3ccccc3s2)CC1. The number of carbonyl (C=O) groups is 1. The van der Waals surface area contributed by atoms with Gasteiger partial charge in [0.2, 0.25) is 5.78 Å². The predicted molar refractivity (Wildman–Crippen MR) is 105 cm³/mol. The number of anilines is 1. The van der Waals surface area contributed by atoms with Crippen molar-refractivity contribution in [3.63, 3.8) is 0 Å². The lowest BCUT2D eigenvalue weighted by Crippen LogP contribution is -2.49. The number of aryl methyl sites for hydroxylation is 1. The number of thiazole rings is 1. The Morgan fingerprint density at radius 3 is 2.70 bits per heavy atom. The van der Waals surface area contributed by atoms with E-state index in [0.717, 1.165) is 23.7 Å². The van der Waals surface area contributed by atoms with Crippen LogP contribution in [0.1, 0.15) is 16.2 Å². The Morgan fingerprint density at radius 2 is 1.89 bits per heavy atom. The molecule has 1 fully saturated rings. The lowest BCUT2D eigenvalue weighted by molar-refractivity contribution is 0.0739. The molecule has 27 heavy (non-hydrogen) atoms. The summed E-state index contributed by atoms with van der Waals surface area (Å²) in [6.07, 6.45) is 3.53. The molecule has 4 aromatic rings. The molecule has 0 aliphatic carbocycles. The summed E-state index contributed by atoms with van der Waals surface area (Å²) in [4.78, 5) is 30.6. The molecule has 1 aromatic carbocycles. The van der Waals surface area contributed by atoms with Crippen LogP contribution in [0.4, 0.5) is 5.13 Å². The number of piperazine rings is 1. The molecule has 3 aromatic heterocycles. The van der Waals surface area contributed by atoms with Gasteiger partial charge in [0, 0.05) is 38.6 Å². The summed E-state index contributed by atoms with van der Waals surface area (Å²) >= 11 is 1.70. The van der Waals surface area contributed by atoms with E-state index in [2.05, 4.69) is 20.9 Å². The molecule has 7 nitrogen and oxygen atoms in total. The third kappa shape index (κ3) is 2.73. The van der Waals surface area contributed by atoms with E-state index in [1.807, 2.05) is 42.3 Å². The van der Waals surface area contributed by atoms with Crippen LogP contribution >= 0.6 is 11.3 Å². The zero-order chi connectivity index (χ0) is 18.4. The van der Waals surface area contributed by atoms with E-state index in [1.54, 1.807) is 21.9 Å². The number of aromatic nitrogens is 4. The molecular weight excluding hydrogens is 360 g/mol. The molecule has 136 valence electrons. The Hall–Kier alpha value is -3.00. The minimum Gasteiger partial charge on any atom is -0.345 e. The molecule has 0 bridgehead atoms. The van der Waals surface area contributed by atoms with Crippen molar-refractivity contribution >= 4 is 38.4 Å². The number of imidazole rings is 1. The average Bonchev–Trinajstić information content (AvgIpc) is 3.27. The summed E-state index contributed by atoms with van der Waals surface area (Å²) < 4.78 is 2.97. The molecular formula is C19H18N6OS. The first-order valence-electron chi connectivity index (χ1n) is 8.90. The van der Waals surface area contributed by atoms with Gasteiger partial charge in [0.25, 0.3) is 5.91 Å². The van der Waals surface area contributed by atoms with Crippen molar-refractivity contribution in [2.75, 3.05) is 31.1 Å². The Kier molecular flexibility index (Phi) is 3.78. The van der Waals surface area contributed by atoms with Crippen molar-refractivity contribution in [2.24, 2.45) is 0 Å². The molecule has 1 saturated heterocycles. The minimum atomic E-state index is 0.0111. The van der Waals surface area contributed by atoms with Gasteiger partial charge >= 0.3 is 0 Å². The van der Waals surface area contributed by atoms with Crippen LogP contribution in [0.2, 0.25) is 0 Å². The third-order valence-electron chi connectivity index (χ3n) is 4.90. The number of hydrogen-bond acceptors (Lipinski definition) is 6. The highest BCUT2D eigenvalue weighted by Gasteiger charge is 2.27. The summed E-state index contributed by atoms with van der Waals surface area (Å²) in [5.74, 6) is 0.573. The fourth-order valence-corrected chi connectivity index (χ4v) is 4.52. The van der Waals surface area contributed by atoms with Crippen molar-refractivity contribution in [1.29, 1.82) is 0 Å². The van der Waals surface area contributed by atoms with Gasteiger partial charge in [-0.1, -0.05) is 23.5 Å². The lowest BCUT2D eigenvalue weighted by atomic mass is 10.2. The zero-order valence-electron chi connectivity index (χ0n) is 14.9. The molecule has 8 heteroatoms. The summed E-state index contributed by atoms with van der Waals surface area (Å²) in [6, 6.07) is 9.99. The van der Waals surface area contributed by atoms with Gasteiger partial charge in [-0.25, -0.2) is 15.0 Å². The summed E-state index contributed by atoms with van der Waals surface area (Å²) in [6.45, 7) is 4.75. The maximum absolute atomic E-state index is 13.1. The maximum atomic E-state index is 13.1. The van der Waals surface area contributed by atoms with Crippen LogP contribution in [0.3, 0.4) is 0 Å². The van der Waals surface area contributed by atoms with Gasteiger partial charge in [0.15, 0.2) is 5.13 Å². The molecule has 0 saturated carbocycles. The number of para-hydroxylation sites is 1. The molecule has 0 N–H and O–H groups in total. The van der Waals surface area contributed by atoms with Gasteiger partial charge < -0.3 is 9.80 Å². The number of amides is 1. The topological polar surface area (TPSA) is 66.6 Å². The quantitative estimate of drug-likeness (QED) is 0.536. The lowest BCUT2D eigenvalue weighted by Gasteiger charge is -2.34. The highest BCUT2D eigenvalue weighted by atomic mass is 32.1. The van der Waals surface area contributed by atoms with Crippen LogP contribution < -0.4 is 4.90 Å². The van der Waals surface area contributed by atoms with Crippen molar-refractivity contribution in [2.45, 2.75) is 6.92 Å². The first-order chi connectivity index (χ1) is 13.2. The summed E-state index contributed by atoms with van der Waals surface area (Å²) in [5, 5.41) is 1.03.